The van der Waals surface area contributed by atoms with Gasteiger partial charge >= 0.3 is 5.97 Å². The number of amides is 1. The van der Waals surface area contributed by atoms with Crippen molar-refractivity contribution in [2.45, 2.75) is 19.4 Å². The van der Waals surface area contributed by atoms with Gasteiger partial charge in [-0.1, -0.05) is 12.1 Å². The van der Waals surface area contributed by atoms with Crippen LogP contribution in [0.25, 0.3) is 0 Å². The van der Waals surface area contributed by atoms with Gasteiger partial charge in [-0.3, -0.25) is 4.79 Å². The number of carbonyl (C=O) groups is 2. The average Bonchev–Trinajstić information content (AvgIpc) is 2.62. The quantitative estimate of drug-likeness (QED) is 0.846. The number of rotatable bonds is 5. The molecule has 1 atom stereocenters. The number of ether oxygens (including phenoxy) is 3. The Kier molecular flexibility index (Phi) is 5.18. The lowest BCUT2D eigenvalue weighted by Crippen LogP contribution is -2.33. The first kappa shape index (κ1) is 16.8. The van der Waals surface area contributed by atoms with E-state index in [9.17, 15) is 9.59 Å². The molecule has 0 aliphatic carbocycles. The Balaban J connectivity index is 1.54. The molecule has 0 bridgehead atoms. The zero-order chi connectivity index (χ0) is 17.6. The van der Waals surface area contributed by atoms with Crippen molar-refractivity contribution >= 4 is 17.6 Å². The number of esters is 1. The number of hydrogen-bond donors (Lipinski definition) is 1. The largest absolute Gasteiger partial charge is 0.486 e. The highest BCUT2D eigenvalue weighted by Crippen LogP contribution is 2.31. The van der Waals surface area contributed by atoms with Crippen LogP contribution in [0.4, 0.5) is 5.69 Å². The zero-order valence-electron chi connectivity index (χ0n) is 13.9. The minimum absolute atomic E-state index is 0.175. The topological polar surface area (TPSA) is 73.9 Å². The molecule has 6 nitrogen and oxygen atoms in total. The summed E-state index contributed by atoms with van der Waals surface area (Å²) in [6.07, 6.45) is -0.165. The molecule has 2 aromatic carbocycles. The molecule has 1 N–H and O–H groups in total. The molecule has 0 unspecified atom stereocenters. The van der Waals surface area contributed by atoms with Crippen LogP contribution < -0.4 is 14.8 Å². The van der Waals surface area contributed by atoms with Gasteiger partial charge in [0.15, 0.2) is 11.5 Å². The standard InChI is InChI=1S/C19H19NO5/c1-2-23-19(22)13-7-9-14(10-8-13)20-18(21)11-15-12-24-16-5-3-4-6-17(16)25-15/h3-10,15H,2,11-12H2,1H3,(H,20,21)/t15-/m1/s1. The molecule has 1 heterocycles. The van der Waals surface area contributed by atoms with E-state index >= 15 is 0 Å². The van der Waals surface area contributed by atoms with Gasteiger partial charge in [0.2, 0.25) is 5.91 Å². The number of benzene rings is 2. The van der Waals surface area contributed by atoms with Gasteiger partial charge in [0.1, 0.15) is 12.7 Å². The summed E-state index contributed by atoms with van der Waals surface area (Å²) in [5, 5.41) is 2.78. The summed E-state index contributed by atoms with van der Waals surface area (Å²) in [5.41, 5.74) is 1.05. The Labute approximate surface area is 145 Å². The maximum atomic E-state index is 12.2. The van der Waals surface area contributed by atoms with Crippen LogP contribution >= 0.6 is 0 Å². The molecular weight excluding hydrogens is 322 g/mol. The van der Waals surface area contributed by atoms with Crippen molar-refractivity contribution in [3.05, 3.63) is 54.1 Å². The lowest BCUT2D eigenvalue weighted by atomic mass is 10.2. The van der Waals surface area contributed by atoms with E-state index in [0.29, 0.717) is 36.0 Å². The Bertz CT molecular complexity index is 757. The number of carbonyl (C=O) groups excluding carboxylic acids is 2. The van der Waals surface area contributed by atoms with Crippen LogP contribution in [0.2, 0.25) is 0 Å². The van der Waals surface area contributed by atoms with E-state index < -0.39 is 0 Å². The van der Waals surface area contributed by atoms with Crippen molar-refractivity contribution in [2.24, 2.45) is 0 Å². The lowest BCUT2D eigenvalue weighted by molar-refractivity contribution is -0.118. The van der Waals surface area contributed by atoms with Crippen LogP contribution in [0.3, 0.4) is 0 Å². The Morgan fingerprint density at radius 3 is 2.56 bits per heavy atom. The van der Waals surface area contributed by atoms with Crippen LogP contribution in [0.15, 0.2) is 48.5 Å². The minimum Gasteiger partial charge on any atom is -0.486 e. The molecule has 1 aliphatic rings. The van der Waals surface area contributed by atoms with E-state index in [2.05, 4.69) is 5.32 Å². The second kappa shape index (κ2) is 7.70. The highest BCUT2D eigenvalue weighted by atomic mass is 16.6. The number of para-hydroxylation sites is 2. The normalized spacial score (nSPS) is 15.3. The van der Waals surface area contributed by atoms with Gasteiger partial charge in [-0.05, 0) is 43.3 Å². The van der Waals surface area contributed by atoms with E-state index in [4.69, 9.17) is 14.2 Å². The molecule has 0 spiro atoms. The van der Waals surface area contributed by atoms with Crippen LogP contribution in [-0.2, 0) is 9.53 Å². The van der Waals surface area contributed by atoms with Gasteiger partial charge in [0.05, 0.1) is 18.6 Å². The van der Waals surface area contributed by atoms with Crippen molar-refractivity contribution < 1.29 is 23.8 Å². The predicted octanol–water partition coefficient (Wildman–Crippen LogP) is 3.03. The predicted molar refractivity (Wildman–Crippen MR) is 92.0 cm³/mol. The van der Waals surface area contributed by atoms with Crippen LogP contribution in [-0.4, -0.2) is 31.2 Å². The molecular formula is C19H19NO5. The van der Waals surface area contributed by atoms with Crippen molar-refractivity contribution in [3.8, 4) is 11.5 Å². The van der Waals surface area contributed by atoms with Crippen molar-refractivity contribution in [3.63, 3.8) is 0 Å². The molecule has 2 aromatic rings. The zero-order valence-corrected chi connectivity index (χ0v) is 13.9. The molecule has 3 rings (SSSR count). The first-order valence-electron chi connectivity index (χ1n) is 8.11. The smallest absolute Gasteiger partial charge is 0.338 e. The van der Waals surface area contributed by atoms with E-state index in [1.54, 1.807) is 31.2 Å². The summed E-state index contributed by atoms with van der Waals surface area (Å²) in [6.45, 7) is 2.40. The minimum atomic E-state index is -0.383. The highest BCUT2D eigenvalue weighted by Gasteiger charge is 2.23. The fourth-order valence-corrected chi connectivity index (χ4v) is 2.49. The molecule has 0 aromatic heterocycles. The first-order valence-corrected chi connectivity index (χ1v) is 8.11. The summed E-state index contributed by atoms with van der Waals surface area (Å²) in [7, 11) is 0. The summed E-state index contributed by atoms with van der Waals surface area (Å²) < 4.78 is 16.3. The van der Waals surface area contributed by atoms with E-state index in [0.717, 1.165) is 0 Å². The number of hydrogen-bond acceptors (Lipinski definition) is 5. The van der Waals surface area contributed by atoms with E-state index in [-0.39, 0.29) is 24.4 Å². The number of fused-ring (bicyclic) bond motifs is 1. The molecule has 0 radical (unpaired) electrons. The lowest BCUT2D eigenvalue weighted by Gasteiger charge is -2.26. The van der Waals surface area contributed by atoms with E-state index in [1.165, 1.54) is 0 Å². The molecule has 25 heavy (non-hydrogen) atoms. The van der Waals surface area contributed by atoms with Crippen molar-refractivity contribution in [1.82, 2.24) is 0 Å². The first-order chi connectivity index (χ1) is 12.2. The highest BCUT2D eigenvalue weighted by molar-refractivity contribution is 5.93. The molecule has 0 saturated carbocycles. The molecule has 0 saturated heterocycles. The fourth-order valence-electron chi connectivity index (χ4n) is 2.49. The SMILES string of the molecule is CCOC(=O)c1ccc(NC(=O)C[C@@H]2COc3ccccc3O2)cc1. The third kappa shape index (κ3) is 4.29. The third-order valence-electron chi connectivity index (χ3n) is 3.66. The van der Waals surface area contributed by atoms with Gasteiger partial charge in [0.25, 0.3) is 0 Å². The van der Waals surface area contributed by atoms with Crippen LogP contribution in [0.5, 0.6) is 11.5 Å². The third-order valence-corrected chi connectivity index (χ3v) is 3.66. The monoisotopic (exact) mass is 341 g/mol. The molecule has 0 fully saturated rings. The summed E-state index contributed by atoms with van der Waals surface area (Å²) in [6, 6.07) is 13.9. The van der Waals surface area contributed by atoms with Gasteiger partial charge in [-0.25, -0.2) is 4.79 Å². The maximum Gasteiger partial charge on any atom is 0.338 e. The molecule has 1 aliphatic heterocycles. The molecule has 130 valence electrons. The second-order valence-corrected chi connectivity index (χ2v) is 5.55. The number of nitrogens with one attached hydrogen (secondary N) is 1. The Morgan fingerprint density at radius 1 is 1.12 bits per heavy atom. The average molecular weight is 341 g/mol. The van der Waals surface area contributed by atoms with Crippen molar-refractivity contribution in [1.29, 1.82) is 0 Å². The summed E-state index contributed by atoms with van der Waals surface area (Å²) in [4.78, 5) is 23.8. The summed E-state index contributed by atoms with van der Waals surface area (Å²) in [5.74, 6) is 0.766. The van der Waals surface area contributed by atoms with Gasteiger partial charge in [0, 0.05) is 5.69 Å². The van der Waals surface area contributed by atoms with E-state index in [1.807, 2.05) is 24.3 Å². The Morgan fingerprint density at radius 2 is 1.84 bits per heavy atom. The van der Waals surface area contributed by atoms with Gasteiger partial charge < -0.3 is 19.5 Å². The fraction of sp³-hybridized carbons (Fsp3) is 0.263. The summed E-state index contributed by atoms with van der Waals surface area (Å²) >= 11 is 0. The second-order valence-electron chi connectivity index (χ2n) is 5.55. The molecule has 6 heteroatoms. The van der Waals surface area contributed by atoms with Crippen LogP contribution in [0.1, 0.15) is 23.7 Å². The number of anilines is 1. The maximum absolute atomic E-state index is 12.2. The Hall–Kier alpha value is -3.02. The van der Waals surface area contributed by atoms with Gasteiger partial charge in [-0.15, -0.1) is 0 Å². The van der Waals surface area contributed by atoms with Crippen molar-refractivity contribution in [2.75, 3.05) is 18.5 Å². The van der Waals surface area contributed by atoms with Crippen LogP contribution in [0, 0.1) is 0 Å². The van der Waals surface area contributed by atoms with Gasteiger partial charge in [-0.2, -0.15) is 0 Å². The molecule has 1 amide bonds.